The van der Waals surface area contributed by atoms with Crippen LogP contribution in [-0.4, -0.2) is 18.8 Å². The molecule has 0 saturated heterocycles. The highest BCUT2D eigenvalue weighted by Gasteiger charge is 2.09. The molecule has 0 aliphatic rings. The molecule has 0 spiro atoms. The first-order chi connectivity index (χ1) is 6.69. The summed E-state index contributed by atoms with van der Waals surface area (Å²) >= 11 is 0. The van der Waals surface area contributed by atoms with Crippen LogP contribution in [0, 0.1) is 11.6 Å². The minimum Gasteiger partial charge on any atom is -0.494 e. The normalized spacial score (nSPS) is 10.3. The Morgan fingerprint density at radius 1 is 1.29 bits per heavy atom. The van der Waals surface area contributed by atoms with E-state index in [9.17, 15) is 8.78 Å². The molecular formula is C10H12F2O2. The van der Waals surface area contributed by atoms with Gasteiger partial charge in [-0.25, -0.2) is 8.78 Å². The van der Waals surface area contributed by atoms with Crippen molar-refractivity contribution in [1.82, 2.24) is 0 Å². The van der Waals surface area contributed by atoms with E-state index in [0.29, 0.717) is 18.4 Å². The van der Waals surface area contributed by atoms with Crippen molar-refractivity contribution in [2.45, 2.75) is 12.8 Å². The van der Waals surface area contributed by atoms with Gasteiger partial charge in [0.2, 0.25) is 0 Å². The van der Waals surface area contributed by atoms with Gasteiger partial charge in [0.05, 0.1) is 7.11 Å². The number of halogens is 2. The van der Waals surface area contributed by atoms with Crippen LogP contribution in [0.4, 0.5) is 8.78 Å². The van der Waals surface area contributed by atoms with E-state index in [2.05, 4.69) is 0 Å². The Morgan fingerprint density at radius 3 is 2.57 bits per heavy atom. The monoisotopic (exact) mass is 202 g/mol. The predicted molar refractivity (Wildman–Crippen MR) is 48.3 cm³/mol. The van der Waals surface area contributed by atoms with Gasteiger partial charge in [0.25, 0.3) is 0 Å². The van der Waals surface area contributed by atoms with Gasteiger partial charge in [0.15, 0.2) is 11.6 Å². The molecule has 2 nitrogen and oxygen atoms in total. The van der Waals surface area contributed by atoms with Crippen molar-refractivity contribution < 1.29 is 18.6 Å². The van der Waals surface area contributed by atoms with Gasteiger partial charge in [0.1, 0.15) is 5.82 Å². The topological polar surface area (TPSA) is 29.5 Å². The summed E-state index contributed by atoms with van der Waals surface area (Å²) in [6, 6.07) is 2.12. The summed E-state index contributed by atoms with van der Waals surface area (Å²) in [4.78, 5) is 0. The second kappa shape index (κ2) is 4.91. The third-order valence-corrected chi connectivity index (χ3v) is 1.93. The summed E-state index contributed by atoms with van der Waals surface area (Å²) in [5, 5.41) is 8.57. The summed E-state index contributed by atoms with van der Waals surface area (Å²) in [5.74, 6) is -1.28. The molecule has 0 atom stereocenters. The van der Waals surface area contributed by atoms with Crippen LogP contribution in [-0.2, 0) is 6.42 Å². The maximum Gasteiger partial charge on any atom is 0.167 e. The van der Waals surface area contributed by atoms with E-state index in [-0.39, 0.29) is 12.4 Å². The summed E-state index contributed by atoms with van der Waals surface area (Å²) in [5.41, 5.74) is 0.359. The highest BCUT2D eigenvalue weighted by atomic mass is 19.1. The van der Waals surface area contributed by atoms with E-state index in [4.69, 9.17) is 9.84 Å². The number of benzene rings is 1. The van der Waals surface area contributed by atoms with E-state index in [1.54, 1.807) is 0 Å². The van der Waals surface area contributed by atoms with Crippen LogP contribution in [0.15, 0.2) is 12.1 Å². The van der Waals surface area contributed by atoms with Crippen LogP contribution in [0.3, 0.4) is 0 Å². The zero-order valence-electron chi connectivity index (χ0n) is 7.89. The lowest BCUT2D eigenvalue weighted by atomic mass is 10.1. The fourth-order valence-corrected chi connectivity index (χ4v) is 1.19. The zero-order chi connectivity index (χ0) is 10.6. The number of aryl methyl sites for hydroxylation is 1. The van der Waals surface area contributed by atoms with E-state index in [1.807, 2.05) is 0 Å². The van der Waals surface area contributed by atoms with Crippen molar-refractivity contribution >= 4 is 0 Å². The third kappa shape index (κ3) is 2.42. The second-order valence-corrected chi connectivity index (χ2v) is 2.91. The van der Waals surface area contributed by atoms with E-state index < -0.39 is 11.6 Å². The van der Waals surface area contributed by atoms with Gasteiger partial charge in [-0.2, -0.15) is 0 Å². The quantitative estimate of drug-likeness (QED) is 0.808. The number of hydrogen-bond acceptors (Lipinski definition) is 2. The van der Waals surface area contributed by atoms with Crippen LogP contribution < -0.4 is 4.74 Å². The van der Waals surface area contributed by atoms with Gasteiger partial charge in [-0.15, -0.1) is 0 Å². The summed E-state index contributed by atoms with van der Waals surface area (Å²) in [6.45, 7) is -0.0148. The number of aliphatic hydroxyl groups excluding tert-OH is 1. The van der Waals surface area contributed by atoms with E-state index in [1.165, 1.54) is 13.2 Å². The average Bonchev–Trinajstić information content (AvgIpc) is 2.17. The summed E-state index contributed by atoms with van der Waals surface area (Å²) in [7, 11) is 1.33. The molecule has 14 heavy (non-hydrogen) atoms. The van der Waals surface area contributed by atoms with Gasteiger partial charge < -0.3 is 9.84 Å². The fraction of sp³-hybridized carbons (Fsp3) is 0.400. The molecule has 0 radical (unpaired) electrons. The molecule has 0 aliphatic carbocycles. The molecule has 1 N–H and O–H groups in total. The maximum atomic E-state index is 13.1. The molecule has 0 bridgehead atoms. The molecule has 0 heterocycles. The Kier molecular flexibility index (Phi) is 3.83. The number of ether oxygens (including phenoxy) is 1. The second-order valence-electron chi connectivity index (χ2n) is 2.91. The predicted octanol–water partition coefficient (Wildman–Crippen LogP) is 1.90. The van der Waals surface area contributed by atoms with Crippen molar-refractivity contribution in [2.75, 3.05) is 13.7 Å². The molecule has 0 unspecified atom stereocenters. The Bertz CT molecular complexity index is 313. The molecule has 0 fully saturated rings. The van der Waals surface area contributed by atoms with E-state index in [0.717, 1.165) is 6.07 Å². The lowest BCUT2D eigenvalue weighted by Gasteiger charge is -2.06. The molecule has 0 aromatic heterocycles. The largest absolute Gasteiger partial charge is 0.494 e. The molecule has 1 rings (SSSR count). The first-order valence-corrected chi connectivity index (χ1v) is 4.31. The lowest BCUT2D eigenvalue weighted by Crippen LogP contribution is -1.97. The molecular weight excluding hydrogens is 190 g/mol. The third-order valence-electron chi connectivity index (χ3n) is 1.93. The van der Waals surface area contributed by atoms with Crippen molar-refractivity contribution in [3.8, 4) is 5.75 Å². The molecule has 0 aliphatic heterocycles. The minimum atomic E-state index is -0.710. The van der Waals surface area contributed by atoms with Crippen LogP contribution in [0.5, 0.6) is 5.75 Å². The SMILES string of the molecule is COc1cc(CCCO)c(F)cc1F. The van der Waals surface area contributed by atoms with Crippen molar-refractivity contribution in [2.24, 2.45) is 0 Å². The standard InChI is InChI=1S/C10H12F2O2/c1-14-10-5-7(3-2-4-13)8(11)6-9(10)12/h5-6,13H,2-4H2,1H3. The highest BCUT2D eigenvalue weighted by molar-refractivity contribution is 5.31. The van der Waals surface area contributed by atoms with Crippen molar-refractivity contribution in [1.29, 1.82) is 0 Å². The molecule has 0 saturated carbocycles. The van der Waals surface area contributed by atoms with Crippen LogP contribution >= 0.6 is 0 Å². The Labute approximate surface area is 81.1 Å². The smallest absolute Gasteiger partial charge is 0.167 e. The minimum absolute atomic E-state index is 0.0148. The van der Waals surface area contributed by atoms with Crippen molar-refractivity contribution in [3.63, 3.8) is 0 Å². The average molecular weight is 202 g/mol. The molecule has 1 aromatic rings. The number of rotatable bonds is 4. The maximum absolute atomic E-state index is 13.1. The first kappa shape index (κ1) is 10.9. The van der Waals surface area contributed by atoms with E-state index >= 15 is 0 Å². The number of hydrogen-bond donors (Lipinski definition) is 1. The van der Waals surface area contributed by atoms with Crippen LogP contribution in [0.1, 0.15) is 12.0 Å². The summed E-state index contributed by atoms with van der Waals surface area (Å²) < 4.78 is 30.8. The lowest BCUT2D eigenvalue weighted by molar-refractivity contribution is 0.288. The first-order valence-electron chi connectivity index (χ1n) is 4.31. The molecule has 78 valence electrons. The Hall–Kier alpha value is -1.16. The van der Waals surface area contributed by atoms with Gasteiger partial charge in [-0.05, 0) is 24.5 Å². The Morgan fingerprint density at radius 2 is 2.00 bits per heavy atom. The van der Waals surface area contributed by atoms with Crippen LogP contribution in [0.25, 0.3) is 0 Å². The fourth-order valence-electron chi connectivity index (χ4n) is 1.19. The Balaban J connectivity index is 2.92. The number of aliphatic hydroxyl groups is 1. The van der Waals surface area contributed by atoms with Gasteiger partial charge in [-0.3, -0.25) is 0 Å². The van der Waals surface area contributed by atoms with Gasteiger partial charge in [0, 0.05) is 12.7 Å². The molecule has 4 heteroatoms. The molecule has 0 amide bonds. The zero-order valence-corrected chi connectivity index (χ0v) is 7.89. The van der Waals surface area contributed by atoms with Crippen LogP contribution in [0.2, 0.25) is 0 Å². The highest BCUT2D eigenvalue weighted by Crippen LogP contribution is 2.22. The molecule has 1 aromatic carbocycles. The number of methoxy groups -OCH3 is 1. The van der Waals surface area contributed by atoms with Crippen molar-refractivity contribution in [3.05, 3.63) is 29.3 Å². The summed E-state index contributed by atoms with van der Waals surface area (Å²) in [6.07, 6.45) is 0.824. The van der Waals surface area contributed by atoms with Gasteiger partial charge >= 0.3 is 0 Å². The van der Waals surface area contributed by atoms with Gasteiger partial charge in [-0.1, -0.05) is 0 Å².